The standard InChI is InChI=1S/C29H41FNO2P/c1-2-6-27(34-31-26-11-12-28(32)29(33)19-26)10-4-3-7-20-13-22-16-23(14-20)24(17-22)15-21-8-5-9-25(30)18-21/h5,8-9,11-12,18-20,22-24,27,31-34H,2-4,6-7,10,13-17H2,1H3. The van der Waals surface area contributed by atoms with E-state index in [1.807, 2.05) is 12.1 Å². The zero-order valence-corrected chi connectivity index (χ0v) is 21.5. The smallest absolute Gasteiger partial charge is 0.159 e. The van der Waals surface area contributed by atoms with Crippen molar-refractivity contribution in [1.82, 2.24) is 0 Å². The van der Waals surface area contributed by atoms with Crippen LogP contribution >= 0.6 is 8.73 Å². The molecule has 2 aromatic rings. The SMILES string of the molecule is CCCC(CCCCC1CC2CC(Cc3cccc(F)c3)C(C1)C2)PNc1ccc(O)c(O)c1. The second kappa shape index (κ2) is 12.2. The summed E-state index contributed by atoms with van der Waals surface area (Å²) in [5.74, 6) is 3.12. The highest BCUT2D eigenvalue weighted by molar-refractivity contribution is 7.40. The minimum atomic E-state index is -0.102. The van der Waals surface area contributed by atoms with Crippen molar-refractivity contribution >= 4 is 14.4 Å². The number of nitrogens with one attached hydrogen (secondary N) is 1. The van der Waals surface area contributed by atoms with Crippen molar-refractivity contribution in [3.63, 3.8) is 0 Å². The fraction of sp³-hybridized carbons (Fsp3) is 0.586. The predicted molar refractivity (Wildman–Crippen MR) is 141 cm³/mol. The Morgan fingerprint density at radius 1 is 1.00 bits per heavy atom. The van der Waals surface area contributed by atoms with Crippen LogP contribution in [0.15, 0.2) is 42.5 Å². The predicted octanol–water partition coefficient (Wildman–Crippen LogP) is 8.27. The molecule has 2 aromatic carbocycles. The summed E-state index contributed by atoms with van der Waals surface area (Å²) in [6, 6.07) is 12.2. The molecule has 0 radical (unpaired) electrons. The first-order valence-corrected chi connectivity index (χ1v) is 14.4. The van der Waals surface area contributed by atoms with E-state index < -0.39 is 0 Å². The summed E-state index contributed by atoms with van der Waals surface area (Å²) in [6.45, 7) is 2.25. The molecule has 2 saturated carbocycles. The van der Waals surface area contributed by atoms with Crippen LogP contribution in [-0.2, 0) is 6.42 Å². The summed E-state index contributed by atoms with van der Waals surface area (Å²) in [5.41, 5.74) is 2.72. The lowest BCUT2D eigenvalue weighted by atomic mass is 9.77. The van der Waals surface area contributed by atoms with Gasteiger partial charge in [-0.15, -0.1) is 0 Å². The molecule has 34 heavy (non-hydrogen) atoms. The van der Waals surface area contributed by atoms with Crippen LogP contribution < -0.4 is 5.09 Å². The molecule has 2 aliphatic rings. The Hall–Kier alpha value is -1.80. The van der Waals surface area contributed by atoms with Crippen molar-refractivity contribution in [2.75, 3.05) is 5.09 Å². The zero-order valence-electron chi connectivity index (χ0n) is 20.5. The van der Waals surface area contributed by atoms with Crippen molar-refractivity contribution in [3.05, 3.63) is 53.8 Å². The van der Waals surface area contributed by atoms with Gasteiger partial charge < -0.3 is 15.3 Å². The van der Waals surface area contributed by atoms with E-state index >= 15 is 0 Å². The van der Waals surface area contributed by atoms with Crippen molar-refractivity contribution in [1.29, 1.82) is 0 Å². The van der Waals surface area contributed by atoms with Crippen LogP contribution in [0.4, 0.5) is 10.1 Å². The Bertz CT molecular complexity index is 923. The van der Waals surface area contributed by atoms with E-state index in [1.165, 1.54) is 75.8 Å². The number of phenols is 2. The molecule has 186 valence electrons. The van der Waals surface area contributed by atoms with E-state index in [0.717, 1.165) is 35.8 Å². The van der Waals surface area contributed by atoms with Gasteiger partial charge in [0.15, 0.2) is 11.5 Å². The van der Waals surface area contributed by atoms with Gasteiger partial charge in [-0.3, -0.25) is 0 Å². The van der Waals surface area contributed by atoms with Crippen molar-refractivity contribution in [3.8, 4) is 11.5 Å². The summed E-state index contributed by atoms with van der Waals surface area (Å²) >= 11 is 0. The number of fused-ring (bicyclic) bond motifs is 2. The van der Waals surface area contributed by atoms with Crippen LogP contribution in [-0.4, -0.2) is 15.9 Å². The van der Waals surface area contributed by atoms with Gasteiger partial charge in [0.2, 0.25) is 0 Å². The van der Waals surface area contributed by atoms with E-state index in [1.54, 1.807) is 18.2 Å². The van der Waals surface area contributed by atoms with E-state index in [2.05, 4.69) is 18.1 Å². The Balaban J connectivity index is 1.17. The number of benzene rings is 2. The highest BCUT2D eigenvalue weighted by Gasteiger charge is 2.40. The molecule has 0 amide bonds. The van der Waals surface area contributed by atoms with Gasteiger partial charge in [-0.2, -0.15) is 0 Å². The van der Waals surface area contributed by atoms with Crippen LogP contribution in [0.5, 0.6) is 11.5 Å². The van der Waals surface area contributed by atoms with E-state index in [0.29, 0.717) is 14.4 Å². The summed E-state index contributed by atoms with van der Waals surface area (Å²) in [5, 5.41) is 22.7. The summed E-state index contributed by atoms with van der Waals surface area (Å²) in [6.07, 6.45) is 14.2. The van der Waals surface area contributed by atoms with Crippen LogP contribution in [0.1, 0.15) is 76.7 Å². The van der Waals surface area contributed by atoms with Gasteiger partial charge in [-0.1, -0.05) is 44.7 Å². The van der Waals surface area contributed by atoms with Gasteiger partial charge >= 0.3 is 0 Å². The van der Waals surface area contributed by atoms with Gasteiger partial charge in [-0.25, -0.2) is 4.39 Å². The molecular weight excluding hydrogens is 444 g/mol. The van der Waals surface area contributed by atoms with Crippen LogP contribution in [0, 0.1) is 29.5 Å². The van der Waals surface area contributed by atoms with Crippen LogP contribution in [0.2, 0.25) is 0 Å². The molecule has 0 heterocycles. The molecular formula is C29H41FNO2P. The van der Waals surface area contributed by atoms with Crippen molar-refractivity contribution < 1.29 is 14.6 Å². The fourth-order valence-corrected chi connectivity index (χ4v) is 7.82. The van der Waals surface area contributed by atoms with Gasteiger partial charge in [0.05, 0.1) is 0 Å². The van der Waals surface area contributed by atoms with Crippen molar-refractivity contribution in [2.24, 2.45) is 23.7 Å². The number of phenolic OH excluding ortho intramolecular Hbond substituents is 2. The summed E-state index contributed by atoms with van der Waals surface area (Å²) < 4.78 is 13.6. The topological polar surface area (TPSA) is 52.5 Å². The fourth-order valence-electron chi connectivity index (χ4n) is 6.51. The number of unbranched alkanes of at least 4 members (excludes halogenated alkanes) is 1. The van der Waals surface area contributed by atoms with Crippen molar-refractivity contribution in [2.45, 2.75) is 83.2 Å². The lowest BCUT2D eigenvalue weighted by Crippen LogP contribution is -2.18. The largest absolute Gasteiger partial charge is 0.504 e. The maximum Gasteiger partial charge on any atom is 0.159 e. The third kappa shape index (κ3) is 7.11. The Kier molecular flexibility index (Phi) is 9.11. The first-order valence-electron chi connectivity index (χ1n) is 13.3. The van der Waals surface area contributed by atoms with E-state index in [-0.39, 0.29) is 17.3 Å². The molecule has 2 fully saturated rings. The highest BCUT2D eigenvalue weighted by atomic mass is 31.1. The molecule has 0 spiro atoms. The third-order valence-corrected chi connectivity index (χ3v) is 9.50. The monoisotopic (exact) mass is 485 g/mol. The molecule has 3 N–H and O–H groups in total. The second-order valence-corrected chi connectivity index (χ2v) is 12.1. The lowest BCUT2D eigenvalue weighted by Gasteiger charge is -2.29. The number of hydrogen-bond acceptors (Lipinski definition) is 3. The number of aromatic hydroxyl groups is 2. The highest BCUT2D eigenvalue weighted by Crippen LogP contribution is 2.50. The van der Waals surface area contributed by atoms with Crippen LogP contribution in [0.25, 0.3) is 0 Å². The average molecular weight is 486 g/mol. The van der Waals surface area contributed by atoms with Crippen LogP contribution in [0.3, 0.4) is 0 Å². The molecule has 4 rings (SSSR count). The molecule has 2 aliphatic carbocycles. The maximum absolute atomic E-state index is 13.6. The molecule has 0 aromatic heterocycles. The van der Waals surface area contributed by atoms with Gasteiger partial charge in [-0.05, 0) is 113 Å². The Labute approximate surface area is 206 Å². The first kappa shape index (κ1) is 25.3. The van der Waals surface area contributed by atoms with Gasteiger partial charge in [0.1, 0.15) is 5.82 Å². The summed E-state index contributed by atoms with van der Waals surface area (Å²) in [7, 11) is 0.632. The average Bonchev–Trinajstić information content (AvgIpc) is 3.09. The number of rotatable bonds is 12. The molecule has 6 unspecified atom stereocenters. The summed E-state index contributed by atoms with van der Waals surface area (Å²) in [4.78, 5) is 0. The Morgan fingerprint density at radius 2 is 1.88 bits per heavy atom. The maximum atomic E-state index is 13.6. The third-order valence-electron chi connectivity index (χ3n) is 8.08. The normalized spacial score (nSPS) is 25.1. The molecule has 5 heteroatoms. The lowest BCUT2D eigenvalue weighted by molar-refractivity contribution is 0.228. The molecule has 0 saturated heterocycles. The minimum Gasteiger partial charge on any atom is -0.504 e. The first-order chi connectivity index (χ1) is 16.5. The molecule has 6 atom stereocenters. The quantitative estimate of drug-likeness (QED) is 0.123. The van der Waals surface area contributed by atoms with E-state index in [4.69, 9.17) is 0 Å². The molecule has 2 bridgehead atoms. The number of hydrogen-bond donors (Lipinski definition) is 3. The minimum absolute atomic E-state index is 0.0681. The molecule has 0 aliphatic heterocycles. The number of halogens is 1. The zero-order chi connectivity index (χ0) is 23.9. The van der Waals surface area contributed by atoms with Gasteiger partial charge in [0, 0.05) is 11.8 Å². The molecule has 3 nitrogen and oxygen atoms in total. The van der Waals surface area contributed by atoms with Gasteiger partial charge in [0.25, 0.3) is 0 Å². The Morgan fingerprint density at radius 3 is 2.68 bits per heavy atom. The van der Waals surface area contributed by atoms with E-state index in [9.17, 15) is 14.6 Å². The second-order valence-electron chi connectivity index (χ2n) is 10.8. The number of anilines is 1.